The molecule has 26 heavy (non-hydrogen) atoms. The zero-order chi connectivity index (χ0) is 18.5. The van der Waals surface area contributed by atoms with Gasteiger partial charge in [0.1, 0.15) is 5.75 Å². The van der Waals surface area contributed by atoms with Crippen LogP contribution < -0.4 is 10.1 Å². The minimum atomic E-state index is -0.316. The SMILES string of the molecule is COc1ccccc1NC(=O)C(C)Sc1ncc(-c2ccc(Br)cc2)[nH]1. The van der Waals surface area contributed by atoms with E-state index in [9.17, 15) is 4.79 Å². The predicted octanol–water partition coefficient (Wildman–Crippen LogP) is 4.97. The van der Waals surface area contributed by atoms with Gasteiger partial charge in [0.15, 0.2) is 5.16 Å². The van der Waals surface area contributed by atoms with Gasteiger partial charge < -0.3 is 15.0 Å². The first-order chi connectivity index (χ1) is 12.6. The van der Waals surface area contributed by atoms with Crippen LogP contribution in [0.2, 0.25) is 0 Å². The van der Waals surface area contributed by atoms with Gasteiger partial charge in [-0.1, -0.05) is 52.0 Å². The molecule has 0 radical (unpaired) electrons. The number of anilines is 1. The molecule has 1 amide bonds. The Bertz CT molecular complexity index is 896. The maximum atomic E-state index is 12.5. The van der Waals surface area contributed by atoms with E-state index in [1.807, 2.05) is 55.5 Å². The smallest absolute Gasteiger partial charge is 0.237 e. The number of nitrogens with one attached hydrogen (secondary N) is 2. The Morgan fingerprint density at radius 2 is 1.96 bits per heavy atom. The fourth-order valence-corrected chi connectivity index (χ4v) is 3.39. The van der Waals surface area contributed by atoms with E-state index in [0.29, 0.717) is 16.6 Å². The van der Waals surface area contributed by atoms with Crippen LogP contribution in [0.15, 0.2) is 64.4 Å². The highest BCUT2D eigenvalue weighted by molar-refractivity contribution is 9.10. The number of ether oxygens (including phenoxy) is 1. The van der Waals surface area contributed by atoms with Gasteiger partial charge in [-0.3, -0.25) is 4.79 Å². The number of nitrogens with zero attached hydrogens (tertiary/aromatic N) is 1. The highest BCUT2D eigenvalue weighted by atomic mass is 79.9. The third kappa shape index (κ3) is 4.47. The average Bonchev–Trinajstić information content (AvgIpc) is 3.11. The summed E-state index contributed by atoms with van der Waals surface area (Å²) >= 11 is 4.80. The van der Waals surface area contributed by atoms with Crippen LogP contribution in [0.5, 0.6) is 5.75 Å². The summed E-state index contributed by atoms with van der Waals surface area (Å²) in [6.45, 7) is 1.84. The van der Waals surface area contributed by atoms with Gasteiger partial charge in [0, 0.05) is 4.47 Å². The van der Waals surface area contributed by atoms with Crippen molar-refractivity contribution in [3.8, 4) is 17.0 Å². The molecule has 3 aromatic rings. The van der Waals surface area contributed by atoms with Gasteiger partial charge in [-0.15, -0.1) is 0 Å². The molecule has 2 N–H and O–H groups in total. The van der Waals surface area contributed by atoms with E-state index in [4.69, 9.17) is 4.74 Å². The second-order valence-corrected chi connectivity index (χ2v) is 7.80. The number of aromatic nitrogens is 2. The molecular weight excluding hydrogens is 414 g/mol. The molecule has 1 atom stereocenters. The fourth-order valence-electron chi connectivity index (χ4n) is 2.34. The molecule has 7 heteroatoms. The second kappa shape index (κ2) is 8.42. The van der Waals surface area contributed by atoms with E-state index in [0.717, 1.165) is 15.7 Å². The van der Waals surface area contributed by atoms with Gasteiger partial charge in [-0.05, 0) is 36.8 Å². The summed E-state index contributed by atoms with van der Waals surface area (Å²) in [6, 6.07) is 15.3. The number of carbonyl (C=O) groups is 1. The fraction of sp³-hybridized carbons (Fsp3) is 0.158. The molecule has 0 saturated heterocycles. The van der Waals surface area contributed by atoms with Crippen molar-refractivity contribution < 1.29 is 9.53 Å². The Morgan fingerprint density at radius 3 is 2.69 bits per heavy atom. The number of amides is 1. The van der Waals surface area contributed by atoms with E-state index in [1.54, 1.807) is 13.3 Å². The maximum Gasteiger partial charge on any atom is 0.237 e. The molecule has 5 nitrogen and oxygen atoms in total. The number of imidazole rings is 1. The molecule has 3 rings (SSSR count). The lowest BCUT2D eigenvalue weighted by Crippen LogP contribution is -2.22. The Kier molecular flexibility index (Phi) is 6.00. The molecule has 1 aromatic heterocycles. The quantitative estimate of drug-likeness (QED) is 0.540. The number of methoxy groups -OCH3 is 1. The zero-order valence-electron chi connectivity index (χ0n) is 14.3. The number of thioether (sulfide) groups is 1. The molecule has 0 aliphatic heterocycles. The van der Waals surface area contributed by atoms with Crippen molar-refractivity contribution in [3.05, 3.63) is 59.2 Å². The van der Waals surface area contributed by atoms with Crippen molar-refractivity contribution >= 4 is 39.3 Å². The molecule has 0 aliphatic rings. The summed E-state index contributed by atoms with van der Waals surface area (Å²) in [5.74, 6) is 0.523. The van der Waals surface area contributed by atoms with Crippen LogP contribution in [-0.4, -0.2) is 28.2 Å². The maximum absolute atomic E-state index is 12.5. The van der Waals surface area contributed by atoms with Crippen LogP contribution >= 0.6 is 27.7 Å². The van der Waals surface area contributed by atoms with Crippen molar-refractivity contribution in [2.75, 3.05) is 12.4 Å². The normalized spacial score (nSPS) is 11.8. The van der Waals surface area contributed by atoms with Crippen molar-refractivity contribution in [3.63, 3.8) is 0 Å². The molecule has 0 aliphatic carbocycles. The van der Waals surface area contributed by atoms with Crippen molar-refractivity contribution in [2.45, 2.75) is 17.3 Å². The molecule has 134 valence electrons. The summed E-state index contributed by atoms with van der Waals surface area (Å²) < 4.78 is 6.29. The molecule has 0 bridgehead atoms. The molecule has 2 aromatic carbocycles. The van der Waals surface area contributed by atoms with Crippen molar-refractivity contribution in [1.29, 1.82) is 0 Å². The van der Waals surface area contributed by atoms with E-state index in [2.05, 4.69) is 31.2 Å². The van der Waals surface area contributed by atoms with Gasteiger partial charge in [0.2, 0.25) is 5.91 Å². The van der Waals surface area contributed by atoms with E-state index in [-0.39, 0.29) is 11.2 Å². The van der Waals surface area contributed by atoms with Crippen LogP contribution in [0.25, 0.3) is 11.3 Å². The number of carbonyl (C=O) groups excluding carboxylic acids is 1. The first-order valence-electron chi connectivity index (χ1n) is 7.98. The number of hydrogen-bond donors (Lipinski definition) is 2. The average molecular weight is 432 g/mol. The Morgan fingerprint density at radius 1 is 1.23 bits per heavy atom. The van der Waals surface area contributed by atoms with Crippen LogP contribution in [-0.2, 0) is 4.79 Å². The molecule has 1 heterocycles. The summed E-state index contributed by atoms with van der Waals surface area (Å²) in [6.07, 6.45) is 1.77. The number of rotatable bonds is 6. The van der Waals surface area contributed by atoms with Gasteiger partial charge >= 0.3 is 0 Å². The highest BCUT2D eigenvalue weighted by Gasteiger charge is 2.18. The van der Waals surface area contributed by atoms with Gasteiger partial charge in [0.25, 0.3) is 0 Å². The minimum Gasteiger partial charge on any atom is -0.495 e. The number of benzene rings is 2. The molecule has 0 spiro atoms. The number of H-pyrrole nitrogens is 1. The largest absolute Gasteiger partial charge is 0.495 e. The lowest BCUT2D eigenvalue weighted by atomic mass is 10.2. The number of para-hydroxylation sites is 2. The Hall–Kier alpha value is -2.25. The van der Waals surface area contributed by atoms with Crippen LogP contribution in [0.3, 0.4) is 0 Å². The van der Waals surface area contributed by atoms with Gasteiger partial charge in [-0.25, -0.2) is 4.98 Å². The van der Waals surface area contributed by atoms with E-state index < -0.39 is 0 Å². The summed E-state index contributed by atoms with van der Waals surface area (Å²) in [5, 5.41) is 3.28. The second-order valence-electron chi connectivity index (χ2n) is 5.56. The van der Waals surface area contributed by atoms with Gasteiger partial charge in [-0.2, -0.15) is 0 Å². The Labute approximate surface area is 164 Å². The standard InChI is InChI=1S/C19H18BrN3O2S/c1-12(18(24)22-15-5-3-4-6-17(15)25-2)26-19-21-11-16(23-19)13-7-9-14(20)10-8-13/h3-12H,1-2H3,(H,21,23)(H,22,24). The highest BCUT2D eigenvalue weighted by Crippen LogP contribution is 2.28. The van der Waals surface area contributed by atoms with Crippen molar-refractivity contribution in [1.82, 2.24) is 9.97 Å². The lowest BCUT2D eigenvalue weighted by molar-refractivity contribution is -0.115. The first kappa shape index (κ1) is 18.5. The van der Waals surface area contributed by atoms with Crippen LogP contribution in [0.4, 0.5) is 5.69 Å². The molecule has 0 saturated carbocycles. The van der Waals surface area contributed by atoms with Crippen molar-refractivity contribution in [2.24, 2.45) is 0 Å². The van der Waals surface area contributed by atoms with Crippen LogP contribution in [0, 0.1) is 0 Å². The number of hydrogen-bond acceptors (Lipinski definition) is 4. The third-order valence-electron chi connectivity index (χ3n) is 3.73. The molecular formula is C19H18BrN3O2S. The van der Waals surface area contributed by atoms with Crippen LogP contribution in [0.1, 0.15) is 6.92 Å². The first-order valence-corrected chi connectivity index (χ1v) is 9.65. The summed E-state index contributed by atoms with van der Waals surface area (Å²) in [7, 11) is 1.58. The lowest BCUT2D eigenvalue weighted by Gasteiger charge is -2.13. The topological polar surface area (TPSA) is 67.0 Å². The molecule has 1 unspecified atom stereocenters. The zero-order valence-corrected chi connectivity index (χ0v) is 16.7. The summed E-state index contributed by atoms with van der Waals surface area (Å²) in [5.41, 5.74) is 2.61. The molecule has 0 fully saturated rings. The monoisotopic (exact) mass is 431 g/mol. The number of halogens is 1. The minimum absolute atomic E-state index is 0.110. The number of aromatic amines is 1. The van der Waals surface area contributed by atoms with E-state index in [1.165, 1.54) is 11.8 Å². The third-order valence-corrected chi connectivity index (χ3v) is 5.26. The summed E-state index contributed by atoms with van der Waals surface area (Å²) in [4.78, 5) is 20.1. The Balaban J connectivity index is 1.65. The van der Waals surface area contributed by atoms with Gasteiger partial charge in [0.05, 0.1) is 29.9 Å². The predicted molar refractivity (Wildman–Crippen MR) is 109 cm³/mol. The van der Waals surface area contributed by atoms with E-state index >= 15 is 0 Å².